The molecule has 1 fully saturated rings. The lowest BCUT2D eigenvalue weighted by Gasteiger charge is -2.24. The topological polar surface area (TPSA) is 51.0 Å². The highest BCUT2D eigenvalue weighted by atomic mass is 35.5. The Kier molecular flexibility index (Phi) is 4.46. The van der Waals surface area contributed by atoms with Crippen LogP contribution in [0.5, 0.6) is 0 Å². The smallest absolute Gasteiger partial charge is 0.238 e. The molecule has 1 unspecified atom stereocenters. The summed E-state index contributed by atoms with van der Waals surface area (Å²) in [6.07, 6.45) is 3.20. The Morgan fingerprint density at radius 1 is 1.20 bits per heavy atom. The Labute approximate surface area is 154 Å². The largest absolute Gasteiger partial charge is 0.295 e. The van der Waals surface area contributed by atoms with E-state index in [0.29, 0.717) is 17.3 Å². The molecule has 3 aromatic rings. The third kappa shape index (κ3) is 3.41. The number of carbonyl (C=O) groups excluding carboxylic acids is 1. The van der Waals surface area contributed by atoms with Gasteiger partial charge in [-0.05, 0) is 35.4 Å². The number of amides is 1. The van der Waals surface area contributed by atoms with Crippen LogP contribution < -0.4 is 4.90 Å². The maximum Gasteiger partial charge on any atom is 0.238 e. The first kappa shape index (κ1) is 16.2. The van der Waals surface area contributed by atoms with Gasteiger partial charge >= 0.3 is 0 Å². The first-order valence-electron chi connectivity index (χ1n) is 7.81. The summed E-state index contributed by atoms with van der Waals surface area (Å²) in [5.74, 6) is 0.580. The standard InChI is InChI=1S/C18H15ClN4OS/c19-15-3-1-2-14(8-15)18-23(17(24)10-25-18)16-6-4-13(5-7-16)9-22-12-20-11-21-22/h1-8,11-12,18H,9-10H2. The minimum Gasteiger partial charge on any atom is -0.295 e. The average Bonchev–Trinajstić information content (AvgIpc) is 3.25. The summed E-state index contributed by atoms with van der Waals surface area (Å²) in [4.78, 5) is 18.2. The molecule has 0 N–H and O–H groups in total. The van der Waals surface area contributed by atoms with Crippen molar-refractivity contribution in [3.63, 3.8) is 0 Å². The van der Waals surface area contributed by atoms with Gasteiger partial charge in [0.1, 0.15) is 18.0 Å². The number of rotatable bonds is 4. The van der Waals surface area contributed by atoms with Crippen molar-refractivity contribution in [2.45, 2.75) is 11.9 Å². The third-order valence-corrected chi connectivity index (χ3v) is 5.47. The molecule has 25 heavy (non-hydrogen) atoms. The highest BCUT2D eigenvalue weighted by Gasteiger charge is 2.34. The van der Waals surface area contributed by atoms with Gasteiger partial charge in [0, 0.05) is 10.7 Å². The SMILES string of the molecule is O=C1CSC(c2cccc(Cl)c2)N1c1ccc(Cn2cncn2)cc1. The van der Waals surface area contributed by atoms with Gasteiger partial charge in [-0.1, -0.05) is 35.9 Å². The lowest BCUT2D eigenvalue weighted by Crippen LogP contribution is -2.27. The fraction of sp³-hybridized carbons (Fsp3) is 0.167. The van der Waals surface area contributed by atoms with Crippen molar-refractivity contribution >= 4 is 35.0 Å². The van der Waals surface area contributed by atoms with Gasteiger partial charge in [0.05, 0.1) is 12.3 Å². The van der Waals surface area contributed by atoms with Gasteiger partial charge in [-0.15, -0.1) is 11.8 Å². The van der Waals surface area contributed by atoms with E-state index in [0.717, 1.165) is 16.8 Å². The van der Waals surface area contributed by atoms with Crippen molar-refractivity contribution in [2.24, 2.45) is 0 Å². The molecule has 1 aliphatic rings. The van der Waals surface area contributed by atoms with Crippen LogP contribution in [0.25, 0.3) is 0 Å². The van der Waals surface area contributed by atoms with Gasteiger partial charge in [0.2, 0.25) is 5.91 Å². The molecule has 0 bridgehead atoms. The number of nitrogens with zero attached hydrogens (tertiary/aromatic N) is 4. The second kappa shape index (κ2) is 6.90. The number of carbonyl (C=O) groups is 1. The zero-order valence-electron chi connectivity index (χ0n) is 13.2. The van der Waals surface area contributed by atoms with E-state index in [1.54, 1.807) is 22.8 Å². The van der Waals surface area contributed by atoms with E-state index in [9.17, 15) is 4.79 Å². The molecular formula is C18H15ClN4OS. The lowest BCUT2D eigenvalue weighted by molar-refractivity contribution is -0.115. The fourth-order valence-electron chi connectivity index (χ4n) is 2.87. The van der Waals surface area contributed by atoms with Gasteiger partial charge < -0.3 is 0 Å². The Hall–Kier alpha value is -2.31. The van der Waals surface area contributed by atoms with E-state index < -0.39 is 0 Å². The van der Waals surface area contributed by atoms with Crippen molar-refractivity contribution in [1.82, 2.24) is 14.8 Å². The number of halogens is 1. The summed E-state index contributed by atoms with van der Waals surface area (Å²) in [6.45, 7) is 0.653. The summed E-state index contributed by atoms with van der Waals surface area (Å²) in [5, 5.41) is 4.74. The molecule has 0 aliphatic carbocycles. The third-order valence-electron chi connectivity index (χ3n) is 4.03. The minimum absolute atomic E-state index is 0.0487. The number of hydrogen-bond acceptors (Lipinski definition) is 4. The van der Waals surface area contributed by atoms with E-state index in [-0.39, 0.29) is 11.3 Å². The van der Waals surface area contributed by atoms with E-state index in [2.05, 4.69) is 10.1 Å². The van der Waals surface area contributed by atoms with E-state index in [1.807, 2.05) is 53.4 Å². The molecule has 1 aromatic heterocycles. The van der Waals surface area contributed by atoms with Crippen molar-refractivity contribution in [2.75, 3.05) is 10.7 Å². The fourth-order valence-corrected chi connectivity index (χ4v) is 4.24. The van der Waals surface area contributed by atoms with Gasteiger partial charge in [-0.3, -0.25) is 9.69 Å². The van der Waals surface area contributed by atoms with Crippen LogP contribution in [0.15, 0.2) is 61.2 Å². The van der Waals surface area contributed by atoms with Crippen LogP contribution >= 0.6 is 23.4 Å². The van der Waals surface area contributed by atoms with Crippen molar-refractivity contribution < 1.29 is 4.79 Å². The van der Waals surface area contributed by atoms with Crippen LogP contribution in [-0.2, 0) is 11.3 Å². The van der Waals surface area contributed by atoms with Crippen molar-refractivity contribution in [1.29, 1.82) is 0 Å². The molecule has 5 nitrogen and oxygen atoms in total. The van der Waals surface area contributed by atoms with Gasteiger partial charge in [0.25, 0.3) is 0 Å². The number of hydrogen-bond donors (Lipinski definition) is 0. The molecule has 0 spiro atoms. The average molecular weight is 371 g/mol. The molecule has 0 saturated carbocycles. The van der Waals surface area contributed by atoms with Gasteiger partial charge in [0.15, 0.2) is 0 Å². The van der Waals surface area contributed by atoms with Crippen LogP contribution in [0.1, 0.15) is 16.5 Å². The molecule has 4 rings (SSSR count). The first-order chi connectivity index (χ1) is 12.2. The van der Waals surface area contributed by atoms with Crippen LogP contribution in [0, 0.1) is 0 Å². The zero-order valence-corrected chi connectivity index (χ0v) is 14.8. The number of anilines is 1. The summed E-state index contributed by atoms with van der Waals surface area (Å²) in [7, 11) is 0. The normalized spacial score (nSPS) is 17.2. The van der Waals surface area contributed by atoms with E-state index in [1.165, 1.54) is 6.33 Å². The Morgan fingerprint density at radius 3 is 2.76 bits per heavy atom. The highest BCUT2D eigenvalue weighted by Crippen LogP contribution is 2.42. The zero-order chi connectivity index (χ0) is 17.2. The summed E-state index contributed by atoms with van der Waals surface area (Å²) in [6, 6.07) is 15.7. The molecule has 2 heterocycles. The number of benzene rings is 2. The van der Waals surface area contributed by atoms with E-state index >= 15 is 0 Å². The molecule has 0 radical (unpaired) electrons. The summed E-state index contributed by atoms with van der Waals surface area (Å²) in [5.41, 5.74) is 3.03. The van der Waals surface area contributed by atoms with E-state index in [4.69, 9.17) is 11.6 Å². The predicted molar refractivity (Wildman–Crippen MR) is 99.7 cm³/mol. The minimum atomic E-state index is -0.0487. The second-order valence-corrected chi connectivity index (χ2v) is 7.25. The quantitative estimate of drug-likeness (QED) is 0.701. The van der Waals surface area contributed by atoms with Gasteiger partial charge in [-0.25, -0.2) is 9.67 Å². The number of aromatic nitrogens is 3. The monoisotopic (exact) mass is 370 g/mol. The Balaban J connectivity index is 1.59. The van der Waals surface area contributed by atoms with Crippen molar-refractivity contribution in [3.05, 3.63) is 77.3 Å². The number of thioether (sulfide) groups is 1. The van der Waals surface area contributed by atoms with Crippen LogP contribution in [0.4, 0.5) is 5.69 Å². The first-order valence-corrected chi connectivity index (χ1v) is 9.24. The lowest BCUT2D eigenvalue weighted by atomic mass is 10.1. The van der Waals surface area contributed by atoms with Crippen LogP contribution in [-0.4, -0.2) is 26.4 Å². The second-order valence-electron chi connectivity index (χ2n) is 5.74. The Bertz CT molecular complexity index is 882. The van der Waals surface area contributed by atoms with Crippen molar-refractivity contribution in [3.8, 4) is 0 Å². The highest BCUT2D eigenvalue weighted by molar-refractivity contribution is 8.00. The molecule has 1 atom stereocenters. The Morgan fingerprint density at radius 2 is 2.04 bits per heavy atom. The molecule has 1 saturated heterocycles. The maximum absolute atomic E-state index is 12.4. The van der Waals surface area contributed by atoms with Crippen LogP contribution in [0.3, 0.4) is 0 Å². The maximum atomic E-state index is 12.4. The molecule has 1 amide bonds. The molecule has 7 heteroatoms. The summed E-state index contributed by atoms with van der Waals surface area (Å²) < 4.78 is 1.76. The molecule has 2 aromatic carbocycles. The molecule has 126 valence electrons. The van der Waals surface area contributed by atoms with Gasteiger partial charge in [-0.2, -0.15) is 5.10 Å². The predicted octanol–water partition coefficient (Wildman–Crippen LogP) is 3.76. The molecule has 1 aliphatic heterocycles. The van der Waals surface area contributed by atoms with Crippen LogP contribution in [0.2, 0.25) is 5.02 Å². The summed E-state index contributed by atoms with van der Waals surface area (Å²) >= 11 is 7.73. The molecular weight excluding hydrogens is 356 g/mol.